The highest BCUT2D eigenvalue weighted by molar-refractivity contribution is 6.00. The number of carbonyl (C=O) groups is 2. The summed E-state index contributed by atoms with van der Waals surface area (Å²) in [5, 5.41) is 2.93. The fourth-order valence-electron chi connectivity index (χ4n) is 4.13. The van der Waals surface area contributed by atoms with Crippen LogP contribution in [0.25, 0.3) is 16.9 Å². The molecule has 0 saturated heterocycles. The van der Waals surface area contributed by atoms with Crippen molar-refractivity contribution in [3.05, 3.63) is 114 Å². The van der Waals surface area contributed by atoms with Crippen molar-refractivity contribution in [1.82, 2.24) is 14.5 Å². The van der Waals surface area contributed by atoms with Gasteiger partial charge in [0.15, 0.2) is 0 Å². The molecular formula is C31H32N4O2. The monoisotopic (exact) mass is 492 g/mol. The number of imidazole rings is 1. The van der Waals surface area contributed by atoms with E-state index in [0.29, 0.717) is 17.4 Å². The lowest BCUT2D eigenvalue weighted by Gasteiger charge is -2.21. The lowest BCUT2D eigenvalue weighted by atomic mass is 10.0. The summed E-state index contributed by atoms with van der Waals surface area (Å²) in [6.07, 6.45) is 3.53. The zero-order valence-corrected chi connectivity index (χ0v) is 21.5. The van der Waals surface area contributed by atoms with Gasteiger partial charge in [0.25, 0.3) is 5.91 Å². The van der Waals surface area contributed by atoms with Gasteiger partial charge in [-0.15, -0.1) is 6.58 Å². The van der Waals surface area contributed by atoms with Gasteiger partial charge in [-0.2, -0.15) is 0 Å². The first-order valence-electron chi connectivity index (χ1n) is 12.4. The van der Waals surface area contributed by atoms with E-state index >= 15 is 0 Å². The predicted molar refractivity (Wildman–Crippen MR) is 149 cm³/mol. The van der Waals surface area contributed by atoms with E-state index < -0.39 is 0 Å². The average Bonchev–Trinajstić information content (AvgIpc) is 3.32. The Hall–Kier alpha value is -4.45. The van der Waals surface area contributed by atoms with Gasteiger partial charge in [0.05, 0.1) is 5.69 Å². The number of nitrogens with zero attached hydrogens (tertiary/aromatic N) is 3. The Bertz CT molecular complexity index is 1390. The summed E-state index contributed by atoms with van der Waals surface area (Å²) in [6.45, 7) is 10.1. The molecule has 0 aliphatic heterocycles. The third-order valence-corrected chi connectivity index (χ3v) is 6.21. The average molecular weight is 493 g/mol. The Morgan fingerprint density at radius 3 is 2.32 bits per heavy atom. The van der Waals surface area contributed by atoms with Gasteiger partial charge >= 0.3 is 0 Å². The molecule has 0 atom stereocenters. The summed E-state index contributed by atoms with van der Waals surface area (Å²) >= 11 is 0. The topological polar surface area (TPSA) is 67.2 Å². The number of hydrogen-bond acceptors (Lipinski definition) is 3. The summed E-state index contributed by atoms with van der Waals surface area (Å²) in [5.74, 6) is 0.250. The molecule has 0 radical (unpaired) electrons. The number of rotatable bonds is 9. The Morgan fingerprint density at radius 2 is 1.68 bits per heavy atom. The molecule has 3 aromatic carbocycles. The van der Waals surface area contributed by atoms with Crippen molar-refractivity contribution in [2.75, 3.05) is 18.4 Å². The standard InChI is InChI=1S/C31H32N4O2/c1-5-19-34(30(37)27-14-10-9-11-23(27)4)21-29(36)33-31-32-28(25-12-7-6-8-13-25)20-35(31)26-17-15-24(16-18-26)22(2)3/h5-18,20,22H,1,19,21H2,2-4H3,(H,32,33,36). The van der Waals surface area contributed by atoms with E-state index in [-0.39, 0.29) is 24.9 Å². The van der Waals surface area contributed by atoms with Crippen molar-refractivity contribution in [3.63, 3.8) is 0 Å². The zero-order valence-electron chi connectivity index (χ0n) is 21.5. The summed E-state index contributed by atoms with van der Waals surface area (Å²) < 4.78 is 1.87. The van der Waals surface area contributed by atoms with Gasteiger partial charge in [-0.25, -0.2) is 4.98 Å². The molecule has 2 amide bonds. The molecule has 0 spiro atoms. The van der Waals surface area contributed by atoms with Crippen LogP contribution in [0, 0.1) is 6.92 Å². The summed E-state index contributed by atoms with van der Waals surface area (Å²) in [6, 6.07) is 25.4. The number of aromatic nitrogens is 2. The van der Waals surface area contributed by atoms with E-state index in [1.165, 1.54) is 10.5 Å². The van der Waals surface area contributed by atoms with Crippen LogP contribution in [0.3, 0.4) is 0 Å². The van der Waals surface area contributed by atoms with E-state index in [0.717, 1.165) is 22.5 Å². The van der Waals surface area contributed by atoms with Crippen LogP contribution in [-0.4, -0.2) is 39.4 Å². The van der Waals surface area contributed by atoms with Crippen LogP contribution >= 0.6 is 0 Å². The third-order valence-electron chi connectivity index (χ3n) is 6.21. The molecule has 6 heteroatoms. The molecule has 188 valence electrons. The van der Waals surface area contributed by atoms with Crippen molar-refractivity contribution < 1.29 is 9.59 Å². The highest BCUT2D eigenvalue weighted by atomic mass is 16.2. The Morgan fingerprint density at radius 1 is 1.00 bits per heavy atom. The first-order chi connectivity index (χ1) is 17.9. The van der Waals surface area contributed by atoms with Gasteiger partial charge in [-0.3, -0.25) is 19.5 Å². The normalized spacial score (nSPS) is 10.8. The van der Waals surface area contributed by atoms with Crippen molar-refractivity contribution in [3.8, 4) is 16.9 Å². The lowest BCUT2D eigenvalue weighted by Crippen LogP contribution is -2.38. The first-order valence-corrected chi connectivity index (χ1v) is 12.4. The second-order valence-electron chi connectivity index (χ2n) is 9.27. The molecule has 37 heavy (non-hydrogen) atoms. The molecule has 1 N–H and O–H groups in total. The van der Waals surface area contributed by atoms with E-state index in [9.17, 15) is 9.59 Å². The molecule has 1 aromatic heterocycles. The minimum atomic E-state index is -0.339. The fourth-order valence-corrected chi connectivity index (χ4v) is 4.13. The third kappa shape index (κ3) is 6.04. The molecule has 4 rings (SSSR count). The second-order valence-corrected chi connectivity index (χ2v) is 9.27. The summed E-state index contributed by atoms with van der Waals surface area (Å²) in [4.78, 5) is 32.6. The molecule has 0 aliphatic carbocycles. The zero-order chi connectivity index (χ0) is 26.4. The summed E-state index contributed by atoms with van der Waals surface area (Å²) in [5.41, 5.74) is 5.22. The van der Waals surface area contributed by atoms with E-state index in [1.807, 2.05) is 78.4 Å². The van der Waals surface area contributed by atoms with Crippen LogP contribution < -0.4 is 5.32 Å². The van der Waals surface area contributed by atoms with Gasteiger partial charge in [-0.1, -0.05) is 80.6 Å². The highest BCUT2D eigenvalue weighted by Crippen LogP contribution is 2.25. The number of anilines is 1. The molecule has 1 heterocycles. The minimum Gasteiger partial charge on any atom is -0.326 e. The van der Waals surface area contributed by atoms with Gasteiger partial charge in [0.2, 0.25) is 11.9 Å². The van der Waals surface area contributed by atoms with E-state index in [2.05, 4.69) is 37.9 Å². The smallest absolute Gasteiger partial charge is 0.254 e. The molecule has 0 unspecified atom stereocenters. The van der Waals surface area contributed by atoms with Crippen LogP contribution in [0.15, 0.2) is 97.7 Å². The number of aryl methyl sites for hydroxylation is 1. The molecule has 4 aromatic rings. The van der Waals surface area contributed by atoms with Crippen molar-refractivity contribution in [1.29, 1.82) is 0 Å². The van der Waals surface area contributed by atoms with Crippen LogP contribution in [0.2, 0.25) is 0 Å². The van der Waals surface area contributed by atoms with Gasteiger partial charge in [-0.05, 0) is 42.2 Å². The predicted octanol–water partition coefficient (Wildman–Crippen LogP) is 6.24. The van der Waals surface area contributed by atoms with Crippen LogP contribution in [0.1, 0.15) is 41.3 Å². The molecule has 6 nitrogen and oxygen atoms in total. The van der Waals surface area contributed by atoms with Crippen molar-refractivity contribution in [2.45, 2.75) is 26.7 Å². The lowest BCUT2D eigenvalue weighted by molar-refractivity contribution is -0.116. The first kappa shape index (κ1) is 25.6. The second kappa shape index (κ2) is 11.5. The molecular weight excluding hydrogens is 460 g/mol. The molecule has 0 aliphatic rings. The maximum Gasteiger partial charge on any atom is 0.254 e. The van der Waals surface area contributed by atoms with Gasteiger partial charge in [0, 0.05) is 29.6 Å². The van der Waals surface area contributed by atoms with Crippen molar-refractivity contribution in [2.24, 2.45) is 0 Å². The largest absolute Gasteiger partial charge is 0.326 e. The maximum atomic E-state index is 13.2. The molecule has 0 bridgehead atoms. The molecule has 0 saturated carbocycles. The van der Waals surface area contributed by atoms with Gasteiger partial charge < -0.3 is 4.90 Å². The van der Waals surface area contributed by atoms with Crippen LogP contribution in [0.4, 0.5) is 5.95 Å². The van der Waals surface area contributed by atoms with E-state index in [1.54, 1.807) is 12.1 Å². The minimum absolute atomic E-state index is 0.126. The number of amides is 2. The Labute approximate surface area is 218 Å². The Balaban J connectivity index is 1.62. The summed E-state index contributed by atoms with van der Waals surface area (Å²) in [7, 11) is 0. The number of hydrogen-bond donors (Lipinski definition) is 1. The van der Waals surface area contributed by atoms with Crippen molar-refractivity contribution >= 4 is 17.8 Å². The highest BCUT2D eigenvalue weighted by Gasteiger charge is 2.21. The fraction of sp³-hybridized carbons (Fsp3) is 0.194. The number of nitrogens with one attached hydrogen (secondary N) is 1. The number of benzene rings is 3. The van der Waals surface area contributed by atoms with Crippen LogP contribution in [-0.2, 0) is 4.79 Å². The van der Waals surface area contributed by atoms with Gasteiger partial charge in [0.1, 0.15) is 6.54 Å². The van der Waals surface area contributed by atoms with E-state index in [4.69, 9.17) is 4.98 Å². The molecule has 0 fully saturated rings. The SMILES string of the molecule is C=CCN(CC(=O)Nc1nc(-c2ccccc2)cn1-c1ccc(C(C)C)cc1)C(=O)c1ccccc1C. The number of carbonyl (C=O) groups excluding carboxylic acids is 2. The van der Waals surface area contributed by atoms with Crippen LogP contribution in [0.5, 0.6) is 0 Å². The quantitative estimate of drug-likeness (QED) is 0.281. The maximum absolute atomic E-state index is 13.2. The Kier molecular flexibility index (Phi) is 7.98.